The van der Waals surface area contributed by atoms with Crippen LogP contribution in [-0.2, 0) is 16.3 Å². The maximum Gasteiger partial charge on any atom is 0.320 e. The molecule has 0 amide bonds. The topological polar surface area (TPSA) is 104 Å². The first kappa shape index (κ1) is 13.3. The smallest absolute Gasteiger partial charge is 0.320 e. The van der Waals surface area contributed by atoms with Gasteiger partial charge in [0, 0.05) is 11.5 Å². The van der Waals surface area contributed by atoms with Crippen molar-refractivity contribution in [2.45, 2.75) is 12.5 Å². The number of aliphatic carboxylic acids is 1. The van der Waals surface area contributed by atoms with Gasteiger partial charge in [0.25, 0.3) is 0 Å². The summed E-state index contributed by atoms with van der Waals surface area (Å²) in [7, 11) is 0. The van der Waals surface area contributed by atoms with Crippen LogP contribution in [0.1, 0.15) is 6.42 Å². The van der Waals surface area contributed by atoms with Crippen molar-refractivity contribution in [2.24, 2.45) is 5.73 Å². The summed E-state index contributed by atoms with van der Waals surface area (Å²) < 4.78 is 14.3. The molecular formula is C4H12N2O3S2. The molecule has 0 aliphatic carbocycles. The van der Waals surface area contributed by atoms with E-state index in [1.54, 1.807) is 0 Å². The van der Waals surface area contributed by atoms with Gasteiger partial charge < -0.3 is 10.8 Å². The number of nitrogens with one attached hydrogen (secondary N) is 1. The summed E-state index contributed by atoms with van der Waals surface area (Å²) in [6, 6.07) is -0.743. The Morgan fingerprint density at radius 1 is 1.82 bits per heavy atom. The summed E-state index contributed by atoms with van der Waals surface area (Å²) >= 11 is 2.89. The highest BCUT2D eigenvalue weighted by Gasteiger charge is 2.08. The Kier molecular flexibility index (Phi) is 11.8. The standard InChI is InChI=1S/C4H9NO2S.H3NOS/c5-3(1-2-8)4(6)7;1-3-2/h3,8H,1-2,5H2,(H,6,7);1H,3H2/t3-;/m0./s1. The number of hydrogen-bond acceptors (Lipinski definition) is 5. The quantitative estimate of drug-likeness (QED) is 0.445. The van der Waals surface area contributed by atoms with Crippen molar-refractivity contribution in [1.82, 2.24) is 0 Å². The number of rotatable bonds is 3. The predicted molar refractivity (Wildman–Crippen MR) is 47.7 cm³/mol. The van der Waals surface area contributed by atoms with Crippen LogP contribution in [0.4, 0.5) is 0 Å². The second-order valence-electron chi connectivity index (χ2n) is 1.56. The third kappa shape index (κ3) is 12.8. The fourth-order valence-corrected chi connectivity index (χ4v) is 0.541. The molecule has 0 spiro atoms. The number of hydrogen-bond donors (Lipinski definition) is 4. The zero-order valence-corrected chi connectivity index (χ0v) is 7.67. The first-order valence-electron chi connectivity index (χ1n) is 2.73. The molecule has 0 aliphatic rings. The highest BCUT2D eigenvalue weighted by atomic mass is 32.1. The molecule has 0 aromatic rings. The molecule has 7 heteroatoms. The Morgan fingerprint density at radius 2 is 2.18 bits per heavy atom. The van der Waals surface area contributed by atoms with Crippen LogP contribution < -0.4 is 5.73 Å². The van der Waals surface area contributed by atoms with Crippen LogP contribution in [0.2, 0.25) is 0 Å². The molecule has 1 atom stereocenters. The fourth-order valence-electron chi connectivity index (χ4n) is 0.263. The highest BCUT2D eigenvalue weighted by Crippen LogP contribution is 1.88. The third-order valence-corrected chi connectivity index (χ3v) is 1.02. The Hall–Kier alpha value is -0.270. The lowest BCUT2D eigenvalue weighted by Crippen LogP contribution is -2.30. The predicted octanol–water partition coefficient (Wildman–Crippen LogP) is -0.855. The molecule has 4 N–H and O–H groups in total. The maximum atomic E-state index is 9.93. The van der Waals surface area contributed by atoms with Crippen LogP contribution in [-0.4, -0.2) is 27.1 Å². The van der Waals surface area contributed by atoms with E-state index in [1.807, 2.05) is 0 Å². The number of carboxylic acids is 1. The van der Waals surface area contributed by atoms with Crippen LogP contribution in [0.25, 0.3) is 0 Å². The van der Waals surface area contributed by atoms with Crippen molar-refractivity contribution >= 4 is 30.1 Å². The minimum atomic E-state index is -0.959. The molecule has 0 heterocycles. The van der Waals surface area contributed by atoms with E-state index < -0.39 is 23.5 Å². The zero-order chi connectivity index (χ0) is 9.28. The number of carbonyl (C=O) groups is 1. The number of carboxylic acid groups (broad SMARTS) is 1. The lowest BCUT2D eigenvalue weighted by molar-refractivity contribution is -0.138. The second kappa shape index (κ2) is 9.73. The van der Waals surface area contributed by atoms with Crippen molar-refractivity contribution in [3.05, 3.63) is 0 Å². The molecule has 0 fully saturated rings. The van der Waals surface area contributed by atoms with Crippen molar-refractivity contribution in [2.75, 3.05) is 5.75 Å². The van der Waals surface area contributed by atoms with Crippen molar-refractivity contribution in [1.29, 1.82) is 4.78 Å². The average Bonchev–Trinajstić information content (AvgIpc) is 1.90. The SMILES string of the molecule is N=[SH2]=O.N[C@@H](CCS)C(=O)O. The van der Waals surface area contributed by atoms with Gasteiger partial charge >= 0.3 is 5.97 Å². The lowest BCUT2D eigenvalue weighted by Gasteiger charge is -2.00. The highest BCUT2D eigenvalue weighted by molar-refractivity contribution is 7.80. The molecule has 0 rings (SSSR count). The van der Waals surface area contributed by atoms with Gasteiger partial charge in [-0.1, -0.05) is 0 Å². The molecule has 0 aromatic heterocycles. The fraction of sp³-hybridized carbons (Fsp3) is 0.750. The summed E-state index contributed by atoms with van der Waals surface area (Å²) in [5.41, 5.74) is 5.08. The Labute approximate surface area is 73.4 Å². The monoisotopic (exact) mass is 200 g/mol. The Bertz CT molecular complexity index is 146. The minimum Gasteiger partial charge on any atom is -0.480 e. The van der Waals surface area contributed by atoms with Crippen LogP contribution in [0.15, 0.2) is 0 Å². The largest absolute Gasteiger partial charge is 0.480 e. The second-order valence-corrected chi connectivity index (χ2v) is 2.21. The summed E-state index contributed by atoms with van der Waals surface area (Å²) in [5, 5.41) is 8.15. The van der Waals surface area contributed by atoms with E-state index in [0.29, 0.717) is 12.2 Å². The van der Waals surface area contributed by atoms with Crippen molar-refractivity contribution in [3.63, 3.8) is 0 Å². The van der Waals surface area contributed by atoms with E-state index >= 15 is 0 Å². The first-order chi connectivity index (χ1) is 5.09. The van der Waals surface area contributed by atoms with Gasteiger partial charge in [0.05, 0.1) is 0 Å². The van der Waals surface area contributed by atoms with Gasteiger partial charge in [-0.15, -0.1) is 0 Å². The molecule has 0 radical (unpaired) electrons. The van der Waals surface area contributed by atoms with Gasteiger partial charge in [0.2, 0.25) is 0 Å². The van der Waals surface area contributed by atoms with E-state index in [4.69, 9.17) is 19.8 Å². The van der Waals surface area contributed by atoms with Crippen LogP contribution in [0.5, 0.6) is 0 Å². The first-order valence-corrected chi connectivity index (χ1v) is 4.27. The molecule has 68 valence electrons. The van der Waals surface area contributed by atoms with Gasteiger partial charge in [0.15, 0.2) is 0 Å². The number of thiol groups is 1. The minimum absolute atomic E-state index is 0.429. The Morgan fingerprint density at radius 3 is 2.27 bits per heavy atom. The third-order valence-electron chi connectivity index (χ3n) is 0.757. The van der Waals surface area contributed by atoms with Gasteiger partial charge in [-0.25, -0.2) is 0 Å². The van der Waals surface area contributed by atoms with E-state index in [-0.39, 0.29) is 0 Å². The maximum absolute atomic E-state index is 9.93. The van der Waals surface area contributed by atoms with Crippen molar-refractivity contribution in [3.8, 4) is 0 Å². The summed E-state index contributed by atoms with van der Waals surface area (Å²) in [5.74, 6) is -0.438. The zero-order valence-electron chi connectivity index (χ0n) is 5.78. The molecule has 0 saturated carbocycles. The van der Waals surface area contributed by atoms with E-state index in [0.717, 1.165) is 0 Å². The van der Waals surface area contributed by atoms with E-state index in [2.05, 4.69) is 12.6 Å². The summed E-state index contributed by atoms with van der Waals surface area (Å²) in [6.07, 6.45) is 0.429. The molecule has 11 heavy (non-hydrogen) atoms. The van der Waals surface area contributed by atoms with Crippen molar-refractivity contribution < 1.29 is 14.1 Å². The van der Waals surface area contributed by atoms with E-state index in [9.17, 15) is 4.79 Å². The van der Waals surface area contributed by atoms with Gasteiger partial charge in [-0.05, 0) is 12.2 Å². The summed E-state index contributed by atoms with van der Waals surface area (Å²) in [6.45, 7) is 0. The molecule has 0 bridgehead atoms. The number of nitrogens with two attached hydrogens (primary N) is 1. The molecule has 0 saturated heterocycles. The lowest BCUT2D eigenvalue weighted by atomic mass is 10.2. The molecular weight excluding hydrogens is 188 g/mol. The molecule has 0 unspecified atom stereocenters. The molecule has 5 nitrogen and oxygen atoms in total. The van der Waals surface area contributed by atoms with Gasteiger partial charge in [-0.3, -0.25) is 13.8 Å². The summed E-state index contributed by atoms with van der Waals surface area (Å²) in [4.78, 5) is 9.93. The molecule has 0 aliphatic heterocycles. The van der Waals surface area contributed by atoms with Gasteiger partial charge in [-0.2, -0.15) is 12.6 Å². The van der Waals surface area contributed by atoms with Crippen LogP contribution >= 0.6 is 12.6 Å². The van der Waals surface area contributed by atoms with E-state index in [1.165, 1.54) is 0 Å². The molecule has 0 aromatic carbocycles. The van der Waals surface area contributed by atoms with Gasteiger partial charge in [0.1, 0.15) is 6.04 Å². The Balaban J connectivity index is 0. The van der Waals surface area contributed by atoms with Crippen LogP contribution in [0, 0.1) is 4.78 Å². The normalized spacial score (nSPS) is 12.2. The average molecular weight is 200 g/mol. The van der Waals surface area contributed by atoms with Crippen LogP contribution in [0.3, 0.4) is 0 Å².